The molecule has 0 spiro atoms. The topological polar surface area (TPSA) is 18.5 Å². The smallest absolute Gasteiger partial charge is 0.113 e. The Morgan fingerprint density at radius 3 is 2.20 bits per heavy atom. The summed E-state index contributed by atoms with van der Waals surface area (Å²) in [5, 5.41) is 0. The van der Waals surface area contributed by atoms with E-state index in [1.54, 1.807) is 7.11 Å². The summed E-state index contributed by atoms with van der Waals surface area (Å²) in [5.41, 5.74) is -0.707. The van der Waals surface area contributed by atoms with Gasteiger partial charge in [0.25, 0.3) is 0 Å². The molecule has 1 aliphatic heterocycles. The van der Waals surface area contributed by atoms with Gasteiger partial charge in [0.15, 0.2) is 0 Å². The van der Waals surface area contributed by atoms with Crippen LogP contribution in [0.25, 0.3) is 0 Å². The highest BCUT2D eigenvalue weighted by atomic mass is 16.6. The third-order valence-electron chi connectivity index (χ3n) is 4.08. The molecule has 3 atom stereocenters. The largest absolute Gasteiger partial charge is 0.375 e. The van der Waals surface area contributed by atoms with Crippen LogP contribution in [-0.2, 0) is 9.47 Å². The molecule has 0 fully saturated rings. The molecule has 0 amide bonds. The first-order valence-corrected chi connectivity index (χ1v) is 5.80. The quantitative estimate of drug-likeness (QED) is 0.666. The maximum Gasteiger partial charge on any atom is 0.113 e. The molecule has 2 nitrogen and oxygen atoms in total. The first-order chi connectivity index (χ1) is 6.85. The maximum absolute atomic E-state index is 6.20. The molecule has 88 valence electrons. The van der Waals surface area contributed by atoms with Gasteiger partial charge in [0.05, 0.1) is 11.2 Å². The summed E-state index contributed by atoms with van der Waals surface area (Å²) in [5.74, 6) is 0. The van der Waals surface area contributed by atoms with E-state index >= 15 is 0 Å². The van der Waals surface area contributed by atoms with Gasteiger partial charge in [0, 0.05) is 7.11 Å². The Kier molecular flexibility index (Phi) is 3.32. The normalized spacial score (nSPS) is 39.3. The zero-order valence-corrected chi connectivity index (χ0v) is 10.9. The maximum atomic E-state index is 6.20. The lowest BCUT2D eigenvalue weighted by molar-refractivity contribution is -0.185. The molecule has 0 saturated carbocycles. The van der Waals surface area contributed by atoms with Crippen LogP contribution in [0.15, 0.2) is 12.2 Å². The fourth-order valence-corrected chi connectivity index (χ4v) is 2.06. The second-order valence-electron chi connectivity index (χ2n) is 5.00. The van der Waals surface area contributed by atoms with Crippen LogP contribution in [0.5, 0.6) is 0 Å². The molecule has 0 saturated heterocycles. The zero-order valence-electron chi connectivity index (χ0n) is 10.9. The van der Waals surface area contributed by atoms with Crippen molar-refractivity contribution in [1.29, 1.82) is 0 Å². The van der Waals surface area contributed by atoms with E-state index in [1.165, 1.54) is 0 Å². The van der Waals surface area contributed by atoms with Gasteiger partial charge in [-0.05, 0) is 33.6 Å². The number of ether oxygens (including phenoxy) is 2. The van der Waals surface area contributed by atoms with Gasteiger partial charge in [0.1, 0.15) is 5.60 Å². The summed E-state index contributed by atoms with van der Waals surface area (Å²) in [4.78, 5) is 0. The average molecular weight is 212 g/mol. The van der Waals surface area contributed by atoms with Crippen molar-refractivity contribution in [2.45, 2.75) is 64.3 Å². The standard InChI is InChI=1S/C13H24O2/c1-7-11(3)9-10-13(5,15-11)12(4,8-2)14-6/h9-10H,7-8H2,1-6H3. The highest BCUT2D eigenvalue weighted by molar-refractivity contribution is 5.21. The molecular formula is C13H24O2. The van der Waals surface area contributed by atoms with Gasteiger partial charge in [-0.25, -0.2) is 0 Å². The molecule has 0 aromatic carbocycles. The van der Waals surface area contributed by atoms with Crippen LogP contribution in [0, 0.1) is 0 Å². The Bertz CT molecular complexity index is 255. The Morgan fingerprint density at radius 2 is 1.87 bits per heavy atom. The molecule has 0 bridgehead atoms. The van der Waals surface area contributed by atoms with E-state index in [2.05, 4.69) is 46.8 Å². The second-order valence-corrected chi connectivity index (χ2v) is 5.00. The Balaban J connectivity index is 2.93. The lowest BCUT2D eigenvalue weighted by Gasteiger charge is -2.43. The predicted octanol–water partition coefficient (Wildman–Crippen LogP) is 3.32. The van der Waals surface area contributed by atoms with E-state index in [1.807, 2.05) is 0 Å². The van der Waals surface area contributed by atoms with Crippen molar-refractivity contribution >= 4 is 0 Å². The summed E-state index contributed by atoms with van der Waals surface area (Å²) in [6.07, 6.45) is 6.25. The van der Waals surface area contributed by atoms with Crippen LogP contribution in [-0.4, -0.2) is 23.9 Å². The molecule has 1 heterocycles. The number of methoxy groups -OCH3 is 1. The molecule has 3 unspecified atom stereocenters. The minimum Gasteiger partial charge on any atom is -0.375 e. The van der Waals surface area contributed by atoms with Crippen LogP contribution < -0.4 is 0 Å². The van der Waals surface area contributed by atoms with Crippen molar-refractivity contribution in [3.05, 3.63) is 12.2 Å². The Labute approximate surface area is 93.7 Å². The minimum atomic E-state index is -0.318. The molecule has 0 aliphatic carbocycles. The fraction of sp³-hybridized carbons (Fsp3) is 0.846. The van der Waals surface area contributed by atoms with Crippen molar-refractivity contribution in [3.8, 4) is 0 Å². The van der Waals surface area contributed by atoms with Gasteiger partial charge < -0.3 is 9.47 Å². The van der Waals surface area contributed by atoms with Crippen LogP contribution >= 0.6 is 0 Å². The minimum absolute atomic E-state index is 0.135. The average Bonchev–Trinajstić information content (AvgIpc) is 2.56. The van der Waals surface area contributed by atoms with Gasteiger partial charge >= 0.3 is 0 Å². The van der Waals surface area contributed by atoms with E-state index in [0.717, 1.165) is 12.8 Å². The fourth-order valence-electron chi connectivity index (χ4n) is 2.06. The molecule has 0 aromatic heterocycles. The van der Waals surface area contributed by atoms with E-state index in [4.69, 9.17) is 9.47 Å². The van der Waals surface area contributed by atoms with Crippen molar-refractivity contribution in [3.63, 3.8) is 0 Å². The molecule has 1 rings (SSSR count). The van der Waals surface area contributed by atoms with Crippen molar-refractivity contribution in [2.24, 2.45) is 0 Å². The van der Waals surface area contributed by atoms with Crippen LogP contribution in [0.4, 0.5) is 0 Å². The summed E-state index contributed by atoms with van der Waals surface area (Å²) < 4.78 is 11.8. The summed E-state index contributed by atoms with van der Waals surface area (Å²) >= 11 is 0. The van der Waals surface area contributed by atoms with E-state index < -0.39 is 0 Å². The molecular weight excluding hydrogens is 188 g/mol. The highest BCUT2D eigenvalue weighted by Gasteiger charge is 2.49. The van der Waals surface area contributed by atoms with Gasteiger partial charge in [0.2, 0.25) is 0 Å². The second kappa shape index (κ2) is 3.91. The zero-order chi connectivity index (χ0) is 11.7. The van der Waals surface area contributed by atoms with Gasteiger partial charge in [-0.2, -0.15) is 0 Å². The van der Waals surface area contributed by atoms with Crippen molar-refractivity contribution in [2.75, 3.05) is 7.11 Å². The lowest BCUT2D eigenvalue weighted by Crippen LogP contribution is -2.52. The first-order valence-electron chi connectivity index (χ1n) is 5.80. The summed E-state index contributed by atoms with van der Waals surface area (Å²) in [7, 11) is 1.76. The highest BCUT2D eigenvalue weighted by Crippen LogP contribution is 2.42. The lowest BCUT2D eigenvalue weighted by atomic mass is 9.84. The predicted molar refractivity (Wildman–Crippen MR) is 63.0 cm³/mol. The Morgan fingerprint density at radius 1 is 1.27 bits per heavy atom. The molecule has 15 heavy (non-hydrogen) atoms. The number of hydrogen-bond acceptors (Lipinski definition) is 2. The molecule has 0 N–H and O–H groups in total. The first kappa shape index (κ1) is 12.7. The van der Waals surface area contributed by atoms with E-state index in [-0.39, 0.29) is 16.8 Å². The monoisotopic (exact) mass is 212 g/mol. The third-order valence-corrected chi connectivity index (χ3v) is 4.08. The summed E-state index contributed by atoms with van der Waals surface area (Å²) in [6.45, 7) is 10.6. The van der Waals surface area contributed by atoms with Gasteiger partial charge in [-0.1, -0.05) is 26.0 Å². The molecule has 2 heteroatoms. The molecule has 0 aromatic rings. The summed E-state index contributed by atoms with van der Waals surface area (Å²) in [6, 6.07) is 0. The molecule has 1 aliphatic rings. The number of rotatable bonds is 4. The molecule has 0 radical (unpaired) electrons. The number of hydrogen-bond donors (Lipinski definition) is 0. The van der Waals surface area contributed by atoms with Crippen LogP contribution in [0.3, 0.4) is 0 Å². The van der Waals surface area contributed by atoms with Crippen LogP contribution in [0.2, 0.25) is 0 Å². The van der Waals surface area contributed by atoms with E-state index in [0.29, 0.717) is 0 Å². The van der Waals surface area contributed by atoms with Crippen molar-refractivity contribution in [1.82, 2.24) is 0 Å². The van der Waals surface area contributed by atoms with Gasteiger partial charge in [-0.3, -0.25) is 0 Å². The van der Waals surface area contributed by atoms with E-state index in [9.17, 15) is 0 Å². The third kappa shape index (κ3) is 1.98. The van der Waals surface area contributed by atoms with Crippen molar-refractivity contribution < 1.29 is 9.47 Å². The SMILES string of the molecule is CCC1(C)C=CC(C)(C(C)(CC)OC)O1. The van der Waals surface area contributed by atoms with Crippen LogP contribution in [0.1, 0.15) is 47.5 Å². The van der Waals surface area contributed by atoms with Gasteiger partial charge in [-0.15, -0.1) is 0 Å². The Hall–Kier alpha value is -0.340.